The van der Waals surface area contributed by atoms with Gasteiger partial charge >= 0.3 is 0 Å². The van der Waals surface area contributed by atoms with Gasteiger partial charge in [0, 0.05) is 19.6 Å². The van der Waals surface area contributed by atoms with Gasteiger partial charge in [-0.25, -0.2) is 8.42 Å². The molecular weight excluding hydrogens is 278 g/mol. The lowest BCUT2D eigenvalue weighted by molar-refractivity contribution is 0.171. The normalized spacial score (nSPS) is 25.4. The van der Waals surface area contributed by atoms with E-state index in [9.17, 15) is 8.42 Å². The molecule has 2 aliphatic rings. The van der Waals surface area contributed by atoms with Crippen LogP contribution < -0.4 is 9.47 Å². The van der Waals surface area contributed by atoms with Crippen molar-refractivity contribution in [3.63, 3.8) is 0 Å². The summed E-state index contributed by atoms with van der Waals surface area (Å²) in [6, 6.07) is 5.93. The average Bonchev–Trinajstić information content (AvgIpc) is 2.43. The van der Waals surface area contributed by atoms with E-state index < -0.39 is 9.84 Å². The number of hydrogen-bond donors (Lipinski definition) is 0. The van der Waals surface area contributed by atoms with Gasteiger partial charge in [-0.15, -0.1) is 0 Å². The third kappa shape index (κ3) is 2.76. The van der Waals surface area contributed by atoms with Gasteiger partial charge in [0.25, 0.3) is 0 Å². The molecule has 1 aromatic rings. The minimum atomic E-state index is -2.89. The maximum absolute atomic E-state index is 11.7. The Hall–Kier alpha value is -1.27. The summed E-state index contributed by atoms with van der Waals surface area (Å²) < 4.78 is 34.5. The molecule has 0 aromatic heterocycles. The molecule has 2 heterocycles. The monoisotopic (exact) mass is 297 g/mol. The van der Waals surface area contributed by atoms with Crippen LogP contribution in [0, 0.1) is 0 Å². The van der Waals surface area contributed by atoms with Crippen molar-refractivity contribution in [2.45, 2.75) is 18.7 Å². The average molecular weight is 297 g/mol. The number of ether oxygens (including phenoxy) is 2. The molecule has 0 saturated carbocycles. The molecule has 5 nitrogen and oxygen atoms in total. The second-order valence-electron chi connectivity index (χ2n) is 5.39. The summed E-state index contributed by atoms with van der Waals surface area (Å²) in [6.07, 6.45) is 0. The van der Waals surface area contributed by atoms with E-state index in [1.165, 1.54) is 0 Å². The van der Waals surface area contributed by atoms with Gasteiger partial charge in [0.1, 0.15) is 13.2 Å². The van der Waals surface area contributed by atoms with Gasteiger partial charge in [0.15, 0.2) is 21.3 Å². The molecule has 0 amide bonds. The van der Waals surface area contributed by atoms with Crippen LogP contribution >= 0.6 is 0 Å². The van der Waals surface area contributed by atoms with E-state index in [1.807, 2.05) is 18.2 Å². The Bertz CT molecular complexity index is 599. The molecule has 3 rings (SSSR count). The van der Waals surface area contributed by atoms with E-state index in [4.69, 9.17) is 9.47 Å². The zero-order valence-electron chi connectivity index (χ0n) is 11.5. The molecule has 1 aromatic carbocycles. The van der Waals surface area contributed by atoms with E-state index >= 15 is 0 Å². The molecule has 1 saturated heterocycles. The number of rotatable bonds is 2. The van der Waals surface area contributed by atoms with E-state index in [0.717, 1.165) is 23.6 Å². The first kappa shape index (κ1) is 13.7. The van der Waals surface area contributed by atoms with Crippen molar-refractivity contribution < 1.29 is 17.9 Å². The van der Waals surface area contributed by atoms with Crippen LogP contribution in [0.15, 0.2) is 18.2 Å². The third-order valence-electron chi connectivity index (χ3n) is 3.83. The quantitative estimate of drug-likeness (QED) is 0.817. The van der Waals surface area contributed by atoms with Crippen molar-refractivity contribution in [1.29, 1.82) is 0 Å². The minimum Gasteiger partial charge on any atom is -0.486 e. The molecule has 1 unspecified atom stereocenters. The van der Waals surface area contributed by atoms with Crippen molar-refractivity contribution in [1.82, 2.24) is 4.90 Å². The van der Waals surface area contributed by atoms with Crippen LogP contribution in [0.1, 0.15) is 12.5 Å². The van der Waals surface area contributed by atoms with Crippen molar-refractivity contribution in [2.24, 2.45) is 0 Å². The van der Waals surface area contributed by atoms with Crippen molar-refractivity contribution in [3.05, 3.63) is 23.8 Å². The summed E-state index contributed by atoms with van der Waals surface area (Å²) >= 11 is 0. The zero-order chi connectivity index (χ0) is 14.2. The smallest absolute Gasteiger partial charge is 0.161 e. The fraction of sp³-hybridized carbons (Fsp3) is 0.571. The largest absolute Gasteiger partial charge is 0.486 e. The van der Waals surface area contributed by atoms with Gasteiger partial charge in [-0.1, -0.05) is 6.07 Å². The highest BCUT2D eigenvalue weighted by Crippen LogP contribution is 2.31. The molecule has 0 radical (unpaired) electrons. The van der Waals surface area contributed by atoms with E-state index in [0.29, 0.717) is 26.3 Å². The Morgan fingerprint density at radius 1 is 1.25 bits per heavy atom. The molecule has 0 bridgehead atoms. The molecule has 6 heteroatoms. The Balaban J connectivity index is 1.69. The fourth-order valence-corrected chi connectivity index (χ4v) is 3.97. The molecule has 0 N–H and O–H groups in total. The topological polar surface area (TPSA) is 55.8 Å². The molecule has 20 heavy (non-hydrogen) atoms. The first-order valence-corrected chi connectivity index (χ1v) is 8.58. The summed E-state index contributed by atoms with van der Waals surface area (Å²) in [7, 11) is -2.89. The standard InChI is InChI=1S/C14H19NO4S/c1-11-9-15(4-7-20(11,16)17)10-12-2-3-13-14(8-12)19-6-5-18-13/h2-3,8,11H,4-7,9-10H2,1H3. The Morgan fingerprint density at radius 3 is 2.75 bits per heavy atom. The second-order valence-corrected chi connectivity index (χ2v) is 7.93. The highest BCUT2D eigenvalue weighted by Gasteiger charge is 2.29. The van der Waals surface area contributed by atoms with Crippen LogP contribution in [0.3, 0.4) is 0 Å². The van der Waals surface area contributed by atoms with Crippen LogP contribution in [0.2, 0.25) is 0 Å². The highest BCUT2D eigenvalue weighted by molar-refractivity contribution is 7.92. The van der Waals surface area contributed by atoms with Crippen molar-refractivity contribution >= 4 is 9.84 Å². The lowest BCUT2D eigenvalue weighted by atomic mass is 10.1. The van der Waals surface area contributed by atoms with E-state index in [1.54, 1.807) is 6.92 Å². The lowest BCUT2D eigenvalue weighted by Crippen LogP contribution is -2.44. The summed E-state index contributed by atoms with van der Waals surface area (Å²) in [4.78, 5) is 2.18. The first-order chi connectivity index (χ1) is 9.54. The molecule has 2 aliphatic heterocycles. The Kier molecular flexibility index (Phi) is 3.60. The SMILES string of the molecule is CC1CN(Cc2ccc3c(c2)OCCO3)CCS1(=O)=O. The maximum Gasteiger partial charge on any atom is 0.161 e. The highest BCUT2D eigenvalue weighted by atomic mass is 32.2. The predicted octanol–water partition coefficient (Wildman–Crippen LogP) is 1.08. The number of nitrogens with zero attached hydrogens (tertiary/aromatic N) is 1. The number of benzene rings is 1. The van der Waals surface area contributed by atoms with Crippen LogP contribution in [-0.2, 0) is 16.4 Å². The van der Waals surface area contributed by atoms with Gasteiger partial charge in [-0.05, 0) is 24.6 Å². The molecular formula is C14H19NO4S. The van der Waals surface area contributed by atoms with E-state index in [-0.39, 0.29) is 11.0 Å². The lowest BCUT2D eigenvalue weighted by Gasteiger charge is -2.31. The number of fused-ring (bicyclic) bond motifs is 1. The van der Waals surface area contributed by atoms with Gasteiger partial charge in [-0.2, -0.15) is 0 Å². The maximum atomic E-state index is 11.7. The second kappa shape index (κ2) is 5.26. The van der Waals surface area contributed by atoms with Crippen molar-refractivity contribution in [2.75, 3.05) is 32.1 Å². The third-order valence-corrected chi connectivity index (χ3v) is 5.96. The molecule has 110 valence electrons. The van der Waals surface area contributed by atoms with Crippen LogP contribution in [0.25, 0.3) is 0 Å². The predicted molar refractivity (Wildman–Crippen MR) is 76.0 cm³/mol. The van der Waals surface area contributed by atoms with Gasteiger partial charge < -0.3 is 9.47 Å². The Morgan fingerprint density at radius 2 is 2.00 bits per heavy atom. The number of hydrogen-bond acceptors (Lipinski definition) is 5. The van der Waals surface area contributed by atoms with Crippen LogP contribution in [0.5, 0.6) is 11.5 Å². The fourth-order valence-electron chi connectivity index (χ4n) is 2.61. The molecule has 1 atom stereocenters. The van der Waals surface area contributed by atoms with Crippen molar-refractivity contribution in [3.8, 4) is 11.5 Å². The minimum absolute atomic E-state index is 0.249. The summed E-state index contributed by atoms with van der Waals surface area (Å²) in [5.41, 5.74) is 1.13. The van der Waals surface area contributed by atoms with Gasteiger partial charge in [0.2, 0.25) is 0 Å². The number of sulfone groups is 1. The summed E-state index contributed by atoms with van der Waals surface area (Å²) in [6.45, 7) is 4.89. The van der Waals surface area contributed by atoms with Crippen LogP contribution in [0.4, 0.5) is 0 Å². The molecule has 0 aliphatic carbocycles. The Labute approximate surface area is 119 Å². The zero-order valence-corrected chi connectivity index (χ0v) is 12.4. The summed E-state index contributed by atoms with van der Waals surface area (Å²) in [5, 5.41) is -0.284. The molecule has 0 spiro atoms. The summed E-state index contributed by atoms with van der Waals surface area (Å²) in [5.74, 6) is 1.82. The first-order valence-electron chi connectivity index (χ1n) is 6.87. The van der Waals surface area contributed by atoms with Gasteiger partial charge in [0.05, 0.1) is 11.0 Å². The van der Waals surface area contributed by atoms with Gasteiger partial charge in [-0.3, -0.25) is 4.90 Å². The van der Waals surface area contributed by atoms with E-state index in [2.05, 4.69) is 4.90 Å². The van der Waals surface area contributed by atoms with Crippen LogP contribution in [-0.4, -0.2) is 50.6 Å². The molecule has 1 fully saturated rings.